The molecule has 1 aliphatic carbocycles. The summed E-state index contributed by atoms with van der Waals surface area (Å²) < 4.78 is 49.6. The maximum atomic E-state index is 13.9. The van der Waals surface area contributed by atoms with Crippen molar-refractivity contribution in [3.05, 3.63) is 42.0 Å². The fourth-order valence-electron chi connectivity index (χ4n) is 3.87. The van der Waals surface area contributed by atoms with E-state index in [4.69, 9.17) is 4.74 Å². The van der Waals surface area contributed by atoms with Crippen LogP contribution in [0.4, 0.5) is 4.39 Å². The molecule has 28 heavy (non-hydrogen) atoms. The summed E-state index contributed by atoms with van der Waals surface area (Å²) in [6.07, 6.45) is 5.90. The van der Waals surface area contributed by atoms with Crippen LogP contribution >= 0.6 is 0 Å². The molecule has 2 heterocycles. The van der Waals surface area contributed by atoms with Crippen LogP contribution in [-0.2, 0) is 17.1 Å². The molecule has 1 aromatic heterocycles. The molecule has 1 saturated carbocycles. The molecule has 1 aliphatic heterocycles. The standard InChI is InChI=1S/C20H26FN3O3S/c1-20(2)13-24(11-17(20)15-9-22-23(3)10-15)28(25,26)19-8-16(21)6-7-18(19)27-12-14-4-5-14/h6-10,14,17H,4-5,11-13H2,1-3H3. The molecule has 8 heteroatoms. The van der Waals surface area contributed by atoms with Crippen molar-refractivity contribution in [2.24, 2.45) is 18.4 Å². The van der Waals surface area contributed by atoms with E-state index < -0.39 is 15.8 Å². The maximum absolute atomic E-state index is 13.9. The largest absolute Gasteiger partial charge is 0.492 e. The number of hydrogen-bond acceptors (Lipinski definition) is 4. The van der Waals surface area contributed by atoms with E-state index in [2.05, 4.69) is 18.9 Å². The Morgan fingerprint density at radius 3 is 2.71 bits per heavy atom. The summed E-state index contributed by atoms with van der Waals surface area (Å²) in [4.78, 5) is -0.0872. The highest BCUT2D eigenvalue weighted by molar-refractivity contribution is 7.89. The molecule has 6 nitrogen and oxygen atoms in total. The maximum Gasteiger partial charge on any atom is 0.246 e. The number of ether oxygens (including phenoxy) is 1. The number of rotatable bonds is 6. The number of halogens is 1. The molecule has 1 unspecified atom stereocenters. The van der Waals surface area contributed by atoms with E-state index in [9.17, 15) is 12.8 Å². The van der Waals surface area contributed by atoms with E-state index in [0.29, 0.717) is 25.6 Å². The van der Waals surface area contributed by atoms with Crippen molar-refractivity contribution in [1.82, 2.24) is 14.1 Å². The molecule has 1 saturated heterocycles. The summed E-state index contributed by atoms with van der Waals surface area (Å²) >= 11 is 0. The normalized spacial score (nSPS) is 22.5. The highest BCUT2D eigenvalue weighted by atomic mass is 32.2. The summed E-state index contributed by atoms with van der Waals surface area (Å²) in [6.45, 7) is 5.26. The van der Waals surface area contributed by atoms with Gasteiger partial charge in [-0.25, -0.2) is 12.8 Å². The van der Waals surface area contributed by atoms with Crippen LogP contribution < -0.4 is 4.74 Å². The second-order valence-electron chi connectivity index (χ2n) is 8.63. The minimum absolute atomic E-state index is 0.0142. The molecule has 2 aliphatic rings. The van der Waals surface area contributed by atoms with E-state index in [0.717, 1.165) is 24.5 Å². The molecule has 0 N–H and O–H groups in total. The molecule has 152 valence electrons. The van der Waals surface area contributed by atoms with Crippen LogP contribution in [0.5, 0.6) is 5.75 Å². The third kappa shape index (κ3) is 3.67. The Morgan fingerprint density at radius 1 is 1.32 bits per heavy atom. The molecule has 2 fully saturated rings. The highest BCUT2D eigenvalue weighted by Gasteiger charge is 2.46. The average Bonchev–Trinajstić information content (AvgIpc) is 3.27. The second kappa shape index (κ2) is 6.84. The highest BCUT2D eigenvalue weighted by Crippen LogP contribution is 2.45. The van der Waals surface area contributed by atoms with Crippen LogP contribution in [0.1, 0.15) is 38.2 Å². The molecule has 4 rings (SSSR count). The molecule has 0 amide bonds. The first-order valence-corrected chi connectivity index (χ1v) is 11.0. The molecule has 0 radical (unpaired) electrons. The van der Waals surface area contributed by atoms with Crippen LogP contribution in [0.25, 0.3) is 0 Å². The van der Waals surface area contributed by atoms with Gasteiger partial charge < -0.3 is 4.74 Å². The minimum atomic E-state index is -3.88. The summed E-state index contributed by atoms with van der Waals surface area (Å²) in [5, 5.41) is 4.22. The molecule has 1 atom stereocenters. The zero-order chi connectivity index (χ0) is 20.1. The topological polar surface area (TPSA) is 64.4 Å². The summed E-state index contributed by atoms with van der Waals surface area (Å²) in [5.74, 6) is 0.136. The predicted molar refractivity (Wildman–Crippen MR) is 103 cm³/mol. The molecule has 0 spiro atoms. The Bertz CT molecular complexity index is 982. The SMILES string of the molecule is Cn1cc(C2CN(S(=O)(=O)c3cc(F)ccc3OCC3CC3)CC2(C)C)cn1. The van der Waals surface area contributed by atoms with E-state index in [1.54, 1.807) is 10.9 Å². The van der Waals surface area contributed by atoms with Gasteiger partial charge in [-0.1, -0.05) is 13.8 Å². The first kappa shape index (κ1) is 19.4. The Morgan fingerprint density at radius 2 is 2.07 bits per heavy atom. The van der Waals surface area contributed by atoms with Gasteiger partial charge in [0, 0.05) is 32.3 Å². The molecule has 1 aromatic carbocycles. The van der Waals surface area contributed by atoms with Crippen LogP contribution in [-0.4, -0.2) is 42.2 Å². The van der Waals surface area contributed by atoms with Crippen LogP contribution in [0.3, 0.4) is 0 Å². The van der Waals surface area contributed by atoms with Gasteiger partial charge in [-0.05, 0) is 47.9 Å². The number of sulfonamides is 1. The third-order valence-corrected chi connectivity index (χ3v) is 7.57. The number of aryl methyl sites for hydroxylation is 1. The van der Waals surface area contributed by atoms with Crippen LogP contribution in [0.2, 0.25) is 0 Å². The van der Waals surface area contributed by atoms with Gasteiger partial charge in [-0.15, -0.1) is 0 Å². The van der Waals surface area contributed by atoms with Crippen molar-refractivity contribution in [3.63, 3.8) is 0 Å². The number of benzene rings is 1. The fraction of sp³-hybridized carbons (Fsp3) is 0.550. The Kier molecular flexibility index (Phi) is 4.74. The van der Waals surface area contributed by atoms with E-state index in [1.807, 2.05) is 13.2 Å². The zero-order valence-electron chi connectivity index (χ0n) is 16.4. The number of hydrogen-bond donors (Lipinski definition) is 0. The quantitative estimate of drug-likeness (QED) is 0.738. The van der Waals surface area contributed by atoms with Crippen LogP contribution in [0.15, 0.2) is 35.5 Å². The Hall–Kier alpha value is -1.93. The summed E-state index contributed by atoms with van der Waals surface area (Å²) in [5.41, 5.74) is 0.744. The van der Waals surface area contributed by atoms with E-state index in [-0.39, 0.29) is 22.0 Å². The molecular weight excluding hydrogens is 381 g/mol. The third-order valence-electron chi connectivity index (χ3n) is 5.74. The van der Waals surface area contributed by atoms with Crippen LogP contribution in [0, 0.1) is 17.2 Å². The average molecular weight is 408 g/mol. The van der Waals surface area contributed by atoms with Crippen molar-refractivity contribution < 1.29 is 17.5 Å². The summed E-state index contributed by atoms with van der Waals surface area (Å²) in [6, 6.07) is 3.74. The van der Waals surface area contributed by atoms with E-state index in [1.165, 1.54) is 16.4 Å². The predicted octanol–water partition coefficient (Wildman–Crippen LogP) is 3.16. The van der Waals surface area contributed by atoms with Gasteiger partial charge in [-0.2, -0.15) is 9.40 Å². The molecule has 0 bridgehead atoms. The Balaban J connectivity index is 1.64. The zero-order valence-corrected chi connectivity index (χ0v) is 17.2. The van der Waals surface area contributed by atoms with Gasteiger partial charge in [0.1, 0.15) is 16.5 Å². The number of nitrogens with zero attached hydrogens (tertiary/aromatic N) is 3. The van der Waals surface area contributed by atoms with Gasteiger partial charge >= 0.3 is 0 Å². The van der Waals surface area contributed by atoms with Gasteiger partial charge in [-0.3, -0.25) is 4.68 Å². The first-order chi connectivity index (χ1) is 13.2. The fourth-order valence-corrected chi connectivity index (χ4v) is 5.64. The van der Waals surface area contributed by atoms with E-state index >= 15 is 0 Å². The smallest absolute Gasteiger partial charge is 0.246 e. The lowest BCUT2D eigenvalue weighted by molar-refractivity contribution is 0.290. The van der Waals surface area contributed by atoms with Crippen molar-refractivity contribution in [1.29, 1.82) is 0 Å². The molecular formula is C20H26FN3O3S. The monoisotopic (exact) mass is 407 g/mol. The van der Waals surface area contributed by atoms with Crippen molar-refractivity contribution in [2.75, 3.05) is 19.7 Å². The minimum Gasteiger partial charge on any atom is -0.492 e. The van der Waals surface area contributed by atoms with Crippen molar-refractivity contribution in [3.8, 4) is 5.75 Å². The van der Waals surface area contributed by atoms with Gasteiger partial charge in [0.2, 0.25) is 10.0 Å². The number of aromatic nitrogens is 2. The van der Waals surface area contributed by atoms with Gasteiger partial charge in [0.05, 0.1) is 12.8 Å². The lowest BCUT2D eigenvalue weighted by Crippen LogP contribution is -2.30. The first-order valence-electron chi connectivity index (χ1n) is 9.58. The Labute approximate surface area is 165 Å². The van der Waals surface area contributed by atoms with Gasteiger partial charge in [0.25, 0.3) is 0 Å². The lowest BCUT2D eigenvalue weighted by Gasteiger charge is -2.24. The second-order valence-corrected chi connectivity index (χ2v) is 10.5. The lowest BCUT2D eigenvalue weighted by atomic mass is 9.79. The van der Waals surface area contributed by atoms with Crippen molar-refractivity contribution >= 4 is 10.0 Å². The van der Waals surface area contributed by atoms with Gasteiger partial charge in [0.15, 0.2) is 0 Å². The summed E-state index contributed by atoms with van der Waals surface area (Å²) in [7, 11) is -2.04. The molecule has 2 aromatic rings. The van der Waals surface area contributed by atoms with Crippen molar-refractivity contribution in [2.45, 2.75) is 37.5 Å².